The Bertz CT molecular complexity index is 1110. The number of H-pyrrole nitrogens is 1. The highest BCUT2D eigenvalue weighted by molar-refractivity contribution is 7.80. The minimum atomic E-state index is -0.177. The average Bonchev–Trinajstić information content (AvgIpc) is 2.70. The zero-order chi connectivity index (χ0) is 21.7. The van der Waals surface area contributed by atoms with Crippen molar-refractivity contribution >= 4 is 33.9 Å². The quantitative estimate of drug-likeness (QED) is 0.501. The topological polar surface area (TPSA) is 77.6 Å². The lowest BCUT2D eigenvalue weighted by molar-refractivity contribution is 0.248. The molecule has 158 valence electrons. The molecule has 1 heterocycles. The molecular formula is C23H27N3O3S. The van der Waals surface area contributed by atoms with Crippen LogP contribution >= 0.6 is 12.2 Å². The summed E-state index contributed by atoms with van der Waals surface area (Å²) in [6.07, 6.45) is 0. The van der Waals surface area contributed by atoms with E-state index < -0.39 is 0 Å². The number of hydrogen-bond acceptors (Lipinski definition) is 4. The molecule has 6 nitrogen and oxygen atoms in total. The van der Waals surface area contributed by atoms with Gasteiger partial charge in [-0.15, -0.1) is 0 Å². The maximum atomic E-state index is 12.6. The first-order valence-corrected chi connectivity index (χ1v) is 10.3. The van der Waals surface area contributed by atoms with Crippen LogP contribution in [-0.2, 0) is 6.54 Å². The second-order valence-electron chi connectivity index (χ2n) is 7.20. The number of thiocarbonyl (C=S) groups is 1. The molecule has 2 aromatic carbocycles. The van der Waals surface area contributed by atoms with Crippen LogP contribution in [0.4, 0.5) is 5.69 Å². The number of fused-ring (bicyclic) bond motifs is 1. The molecule has 0 unspecified atom stereocenters. The third kappa shape index (κ3) is 5.17. The van der Waals surface area contributed by atoms with Gasteiger partial charge in [-0.1, -0.05) is 17.7 Å². The molecule has 0 aliphatic heterocycles. The van der Waals surface area contributed by atoms with Gasteiger partial charge in [0.2, 0.25) is 0 Å². The van der Waals surface area contributed by atoms with Crippen molar-refractivity contribution in [1.82, 2.24) is 9.88 Å². The number of rotatable bonds is 7. The van der Waals surface area contributed by atoms with Crippen LogP contribution in [-0.4, -0.2) is 39.9 Å². The van der Waals surface area contributed by atoms with E-state index in [-0.39, 0.29) is 18.7 Å². The van der Waals surface area contributed by atoms with Gasteiger partial charge < -0.3 is 25.0 Å². The summed E-state index contributed by atoms with van der Waals surface area (Å²) in [5, 5.41) is 14.1. The number of aromatic amines is 1. The second-order valence-corrected chi connectivity index (χ2v) is 7.59. The molecule has 0 atom stereocenters. The molecule has 7 heteroatoms. The Morgan fingerprint density at radius 3 is 2.70 bits per heavy atom. The fourth-order valence-electron chi connectivity index (χ4n) is 3.33. The summed E-state index contributed by atoms with van der Waals surface area (Å²) in [5.74, 6) is 0.752. The molecule has 0 saturated heterocycles. The SMILES string of the molecule is CCOc1ccc2[nH]c(=O)c(CN(CCO)C(=S)Nc3ccc(C)cc3C)cc2c1. The summed E-state index contributed by atoms with van der Waals surface area (Å²) in [6, 6.07) is 13.5. The lowest BCUT2D eigenvalue weighted by Crippen LogP contribution is -2.38. The number of pyridine rings is 1. The first-order valence-electron chi connectivity index (χ1n) is 9.94. The molecule has 3 N–H and O–H groups in total. The first kappa shape index (κ1) is 21.8. The number of ether oxygens (including phenoxy) is 1. The Kier molecular flexibility index (Phi) is 7.07. The Morgan fingerprint density at radius 1 is 1.20 bits per heavy atom. The Hall–Kier alpha value is -2.90. The molecule has 3 aromatic rings. The number of anilines is 1. The van der Waals surface area contributed by atoms with Crippen LogP contribution in [0.2, 0.25) is 0 Å². The van der Waals surface area contributed by atoms with Gasteiger partial charge in [0.1, 0.15) is 5.75 Å². The number of aliphatic hydroxyl groups is 1. The lowest BCUT2D eigenvalue weighted by atomic mass is 10.1. The van der Waals surface area contributed by atoms with Gasteiger partial charge in [0.15, 0.2) is 5.11 Å². The van der Waals surface area contributed by atoms with Crippen LogP contribution in [0.25, 0.3) is 10.9 Å². The van der Waals surface area contributed by atoms with Gasteiger partial charge in [0.25, 0.3) is 5.56 Å². The van der Waals surface area contributed by atoms with Crippen molar-refractivity contribution in [3.8, 4) is 5.75 Å². The molecule has 0 spiro atoms. The smallest absolute Gasteiger partial charge is 0.253 e. The average molecular weight is 426 g/mol. The third-order valence-electron chi connectivity index (χ3n) is 4.85. The maximum Gasteiger partial charge on any atom is 0.253 e. The van der Waals surface area contributed by atoms with Gasteiger partial charge in [-0.3, -0.25) is 4.79 Å². The molecule has 3 rings (SSSR count). The van der Waals surface area contributed by atoms with Crippen molar-refractivity contribution in [2.75, 3.05) is 25.1 Å². The number of aromatic nitrogens is 1. The van der Waals surface area contributed by atoms with Gasteiger partial charge >= 0.3 is 0 Å². The van der Waals surface area contributed by atoms with Crippen LogP contribution in [0.1, 0.15) is 23.6 Å². The largest absolute Gasteiger partial charge is 0.494 e. The summed E-state index contributed by atoms with van der Waals surface area (Å²) in [7, 11) is 0. The molecule has 0 fully saturated rings. The van der Waals surface area contributed by atoms with E-state index in [0.29, 0.717) is 23.8 Å². The highest BCUT2D eigenvalue weighted by atomic mass is 32.1. The van der Waals surface area contributed by atoms with Gasteiger partial charge in [0.05, 0.1) is 19.8 Å². The summed E-state index contributed by atoms with van der Waals surface area (Å²) < 4.78 is 5.56. The molecule has 0 amide bonds. The van der Waals surface area contributed by atoms with E-state index >= 15 is 0 Å². The molecule has 0 aliphatic rings. The van der Waals surface area contributed by atoms with Crippen LogP contribution in [0.15, 0.2) is 47.3 Å². The van der Waals surface area contributed by atoms with Crippen molar-refractivity contribution < 1.29 is 9.84 Å². The second kappa shape index (κ2) is 9.73. The van der Waals surface area contributed by atoms with E-state index in [1.807, 2.05) is 57.2 Å². The fourth-order valence-corrected chi connectivity index (χ4v) is 3.60. The van der Waals surface area contributed by atoms with Crippen molar-refractivity contribution in [2.45, 2.75) is 27.3 Å². The van der Waals surface area contributed by atoms with E-state index in [1.165, 1.54) is 5.56 Å². The standard InChI is InChI=1S/C23H27N3O3S/c1-4-29-19-6-8-21-17(13-19)12-18(22(28)24-21)14-26(9-10-27)23(30)25-20-7-5-15(2)11-16(20)3/h5-8,11-13,27H,4,9-10,14H2,1-3H3,(H,24,28)(H,25,30). The predicted octanol–water partition coefficient (Wildman–Crippen LogP) is 3.73. The molecule has 1 aromatic heterocycles. The Labute approximate surface area is 181 Å². The van der Waals surface area contributed by atoms with Crippen LogP contribution in [0.5, 0.6) is 5.75 Å². The lowest BCUT2D eigenvalue weighted by Gasteiger charge is -2.25. The highest BCUT2D eigenvalue weighted by Gasteiger charge is 2.14. The Morgan fingerprint density at radius 2 is 2.00 bits per heavy atom. The highest BCUT2D eigenvalue weighted by Crippen LogP contribution is 2.20. The molecule has 0 aliphatic carbocycles. The van der Waals surface area contributed by atoms with Crippen molar-refractivity contribution in [2.24, 2.45) is 0 Å². The summed E-state index contributed by atoms with van der Waals surface area (Å²) in [6.45, 7) is 7.07. The Balaban J connectivity index is 1.86. The zero-order valence-corrected chi connectivity index (χ0v) is 18.3. The van der Waals surface area contributed by atoms with E-state index in [2.05, 4.69) is 16.4 Å². The van der Waals surface area contributed by atoms with Crippen molar-refractivity contribution in [3.05, 3.63) is 69.5 Å². The summed E-state index contributed by atoms with van der Waals surface area (Å²) in [4.78, 5) is 17.3. The van der Waals surface area contributed by atoms with Gasteiger partial charge in [-0.2, -0.15) is 0 Å². The third-order valence-corrected chi connectivity index (χ3v) is 5.21. The van der Waals surface area contributed by atoms with E-state index in [9.17, 15) is 9.90 Å². The number of nitrogens with zero attached hydrogens (tertiary/aromatic N) is 1. The minimum Gasteiger partial charge on any atom is -0.494 e. The minimum absolute atomic E-state index is 0.0747. The van der Waals surface area contributed by atoms with Crippen molar-refractivity contribution in [1.29, 1.82) is 0 Å². The monoisotopic (exact) mass is 425 g/mol. The van der Waals surface area contributed by atoms with E-state index in [4.69, 9.17) is 17.0 Å². The molecule has 0 radical (unpaired) electrons. The molecule has 0 bridgehead atoms. The van der Waals surface area contributed by atoms with Gasteiger partial charge in [0, 0.05) is 28.7 Å². The number of benzene rings is 2. The zero-order valence-electron chi connectivity index (χ0n) is 17.5. The predicted molar refractivity (Wildman–Crippen MR) is 125 cm³/mol. The van der Waals surface area contributed by atoms with Gasteiger partial charge in [-0.25, -0.2) is 0 Å². The van der Waals surface area contributed by atoms with E-state index in [0.717, 1.165) is 27.9 Å². The number of nitrogens with one attached hydrogen (secondary N) is 2. The molecule has 0 saturated carbocycles. The number of aliphatic hydroxyl groups excluding tert-OH is 1. The van der Waals surface area contributed by atoms with Gasteiger partial charge in [-0.05, 0) is 68.9 Å². The fraction of sp³-hybridized carbons (Fsp3) is 0.304. The first-order chi connectivity index (χ1) is 14.4. The van der Waals surface area contributed by atoms with Crippen LogP contribution in [0.3, 0.4) is 0 Å². The summed E-state index contributed by atoms with van der Waals surface area (Å²) >= 11 is 5.58. The maximum absolute atomic E-state index is 12.6. The number of aryl methyl sites for hydroxylation is 2. The van der Waals surface area contributed by atoms with Crippen LogP contribution in [0, 0.1) is 13.8 Å². The number of hydrogen-bond donors (Lipinski definition) is 3. The summed E-state index contributed by atoms with van der Waals surface area (Å²) in [5.41, 5.74) is 4.29. The van der Waals surface area contributed by atoms with Crippen LogP contribution < -0.4 is 15.6 Å². The normalized spacial score (nSPS) is 10.8. The molecular weight excluding hydrogens is 398 g/mol. The van der Waals surface area contributed by atoms with Crippen molar-refractivity contribution in [3.63, 3.8) is 0 Å². The van der Waals surface area contributed by atoms with E-state index in [1.54, 1.807) is 4.90 Å². The molecule has 30 heavy (non-hydrogen) atoms.